The number of carboxylic acid groups (broad SMARTS) is 1. The zero-order valence-corrected chi connectivity index (χ0v) is 8.81. The first-order valence-electron chi connectivity index (χ1n) is 4.74. The van der Waals surface area contributed by atoms with Gasteiger partial charge in [0, 0.05) is 13.0 Å². The molecular weight excluding hydrogens is 202 g/mol. The molecule has 1 aliphatic heterocycles. The third-order valence-corrected chi connectivity index (χ3v) is 3.41. The molecule has 14 heavy (non-hydrogen) atoms. The van der Waals surface area contributed by atoms with Gasteiger partial charge in [-0.2, -0.15) is 11.8 Å². The van der Waals surface area contributed by atoms with Crippen molar-refractivity contribution in [2.24, 2.45) is 5.92 Å². The number of amides is 1. The maximum atomic E-state index is 11.1. The lowest BCUT2D eigenvalue weighted by atomic mass is 10.1. The van der Waals surface area contributed by atoms with Gasteiger partial charge in [0.1, 0.15) is 0 Å². The molecule has 0 spiro atoms. The van der Waals surface area contributed by atoms with E-state index in [2.05, 4.69) is 5.32 Å². The highest BCUT2D eigenvalue weighted by Gasteiger charge is 2.16. The Morgan fingerprint density at radius 1 is 1.43 bits per heavy atom. The Kier molecular flexibility index (Phi) is 4.79. The third kappa shape index (κ3) is 4.50. The van der Waals surface area contributed by atoms with Gasteiger partial charge in [-0.1, -0.05) is 0 Å². The zero-order chi connectivity index (χ0) is 10.4. The normalized spacial score (nSPS) is 20.7. The lowest BCUT2D eigenvalue weighted by Crippen LogP contribution is -2.29. The van der Waals surface area contributed by atoms with Crippen LogP contribution < -0.4 is 5.32 Å². The number of nitrogens with one attached hydrogen (secondary N) is 1. The zero-order valence-electron chi connectivity index (χ0n) is 7.99. The van der Waals surface area contributed by atoms with E-state index in [9.17, 15) is 9.59 Å². The van der Waals surface area contributed by atoms with Gasteiger partial charge in [0.05, 0.1) is 6.42 Å². The van der Waals surface area contributed by atoms with E-state index in [0.29, 0.717) is 12.5 Å². The van der Waals surface area contributed by atoms with Crippen molar-refractivity contribution >= 4 is 23.6 Å². The van der Waals surface area contributed by atoms with Crippen LogP contribution in [0.4, 0.5) is 0 Å². The van der Waals surface area contributed by atoms with Crippen molar-refractivity contribution < 1.29 is 14.7 Å². The number of carboxylic acids is 1. The highest BCUT2D eigenvalue weighted by molar-refractivity contribution is 7.99. The fourth-order valence-corrected chi connectivity index (χ4v) is 2.60. The molecule has 0 radical (unpaired) electrons. The minimum Gasteiger partial charge on any atom is -0.481 e. The third-order valence-electron chi connectivity index (χ3n) is 2.18. The van der Waals surface area contributed by atoms with Crippen molar-refractivity contribution in [3.63, 3.8) is 0 Å². The number of hydrogen-bond acceptors (Lipinski definition) is 3. The Hall–Kier alpha value is -0.710. The predicted octanol–water partition coefficient (Wildman–Crippen LogP) is 0.721. The summed E-state index contributed by atoms with van der Waals surface area (Å²) >= 11 is 1.91. The summed E-state index contributed by atoms with van der Waals surface area (Å²) in [6.07, 6.45) is 1.17. The minimum atomic E-state index is -0.920. The van der Waals surface area contributed by atoms with Gasteiger partial charge in [-0.3, -0.25) is 9.59 Å². The molecule has 2 N–H and O–H groups in total. The van der Waals surface area contributed by atoms with Crippen LogP contribution in [0.25, 0.3) is 0 Å². The second kappa shape index (κ2) is 5.90. The second-order valence-corrected chi connectivity index (χ2v) is 4.58. The molecule has 1 aliphatic rings. The van der Waals surface area contributed by atoms with Gasteiger partial charge >= 0.3 is 5.97 Å². The highest BCUT2D eigenvalue weighted by atomic mass is 32.2. The lowest BCUT2D eigenvalue weighted by Gasteiger charge is -2.09. The maximum absolute atomic E-state index is 11.1. The molecule has 1 saturated heterocycles. The molecule has 1 rings (SSSR count). The van der Waals surface area contributed by atoms with E-state index in [1.807, 2.05) is 11.8 Å². The average molecular weight is 217 g/mol. The summed E-state index contributed by atoms with van der Waals surface area (Å²) in [4.78, 5) is 21.3. The van der Waals surface area contributed by atoms with Crippen molar-refractivity contribution in [2.75, 3.05) is 18.1 Å². The van der Waals surface area contributed by atoms with Crippen molar-refractivity contribution in [2.45, 2.75) is 19.3 Å². The van der Waals surface area contributed by atoms with E-state index in [-0.39, 0.29) is 18.7 Å². The first-order chi connectivity index (χ1) is 6.68. The molecule has 0 aliphatic carbocycles. The van der Waals surface area contributed by atoms with Crippen molar-refractivity contribution in [3.8, 4) is 0 Å². The molecule has 0 bridgehead atoms. The Morgan fingerprint density at radius 2 is 2.21 bits per heavy atom. The van der Waals surface area contributed by atoms with Crippen molar-refractivity contribution in [1.29, 1.82) is 0 Å². The second-order valence-electron chi connectivity index (χ2n) is 3.43. The minimum absolute atomic E-state index is 0.0781. The molecule has 4 nitrogen and oxygen atoms in total. The molecule has 1 fully saturated rings. The van der Waals surface area contributed by atoms with Gasteiger partial charge in [0.15, 0.2) is 0 Å². The van der Waals surface area contributed by atoms with Gasteiger partial charge in [0.2, 0.25) is 5.91 Å². The number of rotatable bonds is 5. The lowest BCUT2D eigenvalue weighted by molar-refractivity contribution is -0.138. The van der Waals surface area contributed by atoms with Gasteiger partial charge < -0.3 is 10.4 Å². The van der Waals surface area contributed by atoms with E-state index in [1.165, 1.54) is 5.75 Å². The molecule has 0 aromatic rings. The van der Waals surface area contributed by atoms with E-state index >= 15 is 0 Å². The van der Waals surface area contributed by atoms with E-state index in [1.54, 1.807) is 0 Å². The largest absolute Gasteiger partial charge is 0.481 e. The fraction of sp³-hybridized carbons (Fsp3) is 0.778. The highest BCUT2D eigenvalue weighted by Crippen LogP contribution is 2.22. The standard InChI is InChI=1S/C9H15NO3S/c11-8(1-2-9(12)13)10-5-7-3-4-14-6-7/h7H,1-6H2,(H,10,11)(H,12,13). The summed E-state index contributed by atoms with van der Waals surface area (Å²) in [7, 11) is 0. The van der Waals surface area contributed by atoms with E-state index in [0.717, 1.165) is 12.2 Å². The van der Waals surface area contributed by atoms with Crippen LogP contribution >= 0.6 is 11.8 Å². The topological polar surface area (TPSA) is 66.4 Å². The number of thioether (sulfide) groups is 1. The molecule has 1 unspecified atom stereocenters. The van der Waals surface area contributed by atoms with Crippen LogP contribution in [-0.2, 0) is 9.59 Å². The molecule has 0 aromatic carbocycles. The first-order valence-corrected chi connectivity index (χ1v) is 5.90. The summed E-state index contributed by atoms with van der Waals surface area (Å²) in [5.74, 6) is 1.80. The number of aliphatic carboxylic acids is 1. The van der Waals surface area contributed by atoms with Gasteiger partial charge in [0.25, 0.3) is 0 Å². The Morgan fingerprint density at radius 3 is 2.79 bits per heavy atom. The Labute approximate surface area is 87.4 Å². The summed E-state index contributed by atoms with van der Waals surface area (Å²) in [6, 6.07) is 0. The molecule has 1 atom stereocenters. The molecule has 1 amide bonds. The van der Waals surface area contributed by atoms with Crippen LogP contribution in [0.2, 0.25) is 0 Å². The number of hydrogen-bond donors (Lipinski definition) is 2. The summed E-state index contributed by atoms with van der Waals surface area (Å²) in [5.41, 5.74) is 0. The maximum Gasteiger partial charge on any atom is 0.303 e. The van der Waals surface area contributed by atoms with Crippen LogP contribution in [0.3, 0.4) is 0 Å². The Bertz CT molecular complexity index is 214. The smallest absolute Gasteiger partial charge is 0.303 e. The van der Waals surface area contributed by atoms with Crippen molar-refractivity contribution in [1.82, 2.24) is 5.32 Å². The fourth-order valence-electron chi connectivity index (χ4n) is 1.31. The van der Waals surface area contributed by atoms with Crippen LogP contribution in [0.5, 0.6) is 0 Å². The molecule has 5 heteroatoms. The van der Waals surface area contributed by atoms with Crippen LogP contribution in [0.1, 0.15) is 19.3 Å². The quantitative estimate of drug-likeness (QED) is 0.712. The summed E-state index contributed by atoms with van der Waals surface area (Å²) in [5, 5.41) is 11.1. The monoisotopic (exact) mass is 217 g/mol. The summed E-state index contributed by atoms with van der Waals surface area (Å²) in [6.45, 7) is 0.700. The summed E-state index contributed by atoms with van der Waals surface area (Å²) < 4.78 is 0. The van der Waals surface area contributed by atoms with Crippen LogP contribution in [-0.4, -0.2) is 35.0 Å². The number of carbonyl (C=O) groups is 2. The van der Waals surface area contributed by atoms with Gasteiger partial charge in [-0.25, -0.2) is 0 Å². The average Bonchev–Trinajstić information content (AvgIpc) is 2.63. The Balaban J connectivity index is 2.05. The molecule has 0 saturated carbocycles. The molecule has 80 valence electrons. The van der Waals surface area contributed by atoms with E-state index < -0.39 is 5.97 Å². The van der Waals surface area contributed by atoms with Crippen molar-refractivity contribution in [3.05, 3.63) is 0 Å². The molecule has 1 heterocycles. The van der Waals surface area contributed by atoms with E-state index in [4.69, 9.17) is 5.11 Å². The van der Waals surface area contributed by atoms with Gasteiger partial charge in [-0.05, 0) is 23.8 Å². The predicted molar refractivity (Wildman–Crippen MR) is 55.3 cm³/mol. The van der Waals surface area contributed by atoms with Gasteiger partial charge in [-0.15, -0.1) is 0 Å². The SMILES string of the molecule is O=C(O)CCC(=O)NCC1CCSC1. The van der Waals surface area contributed by atoms with Crippen LogP contribution in [0, 0.1) is 5.92 Å². The first kappa shape index (κ1) is 11.4. The number of carbonyl (C=O) groups excluding carboxylic acids is 1. The molecule has 0 aromatic heterocycles. The molecular formula is C9H15NO3S. The van der Waals surface area contributed by atoms with Crippen LogP contribution in [0.15, 0.2) is 0 Å².